The van der Waals surface area contributed by atoms with Gasteiger partial charge >= 0.3 is 5.97 Å². The van der Waals surface area contributed by atoms with Crippen molar-refractivity contribution in [3.63, 3.8) is 0 Å². The second-order valence-corrected chi connectivity index (χ2v) is 2.26. The van der Waals surface area contributed by atoms with Crippen molar-refractivity contribution in [3.05, 3.63) is 29.6 Å². The highest BCUT2D eigenvalue weighted by Crippen LogP contribution is 2.02. The van der Waals surface area contributed by atoms with Crippen molar-refractivity contribution < 1.29 is 9.90 Å². The maximum Gasteiger partial charge on any atom is 0.331 e. The van der Waals surface area contributed by atoms with E-state index in [9.17, 15) is 4.79 Å². The Balaban J connectivity index is 2.82. The minimum Gasteiger partial charge on any atom is -0.478 e. The fourth-order valence-corrected chi connectivity index (χ4v) is 0.729. The predicted octanol–water partition coefficient (Wildman–Crippen LogP) is 1.50. The monoisotopic (exact) mass is 151 g/mol. The summed E-state index contributed by atoms with van der Waals surface area (Å²) in [4.78, 5) is 13.2. The third kappa shape index (κ3) is 1.97. The summed E-state index contributed by atoms with van der Waals surface area (Å²) in [7, 11) is 0. The quantitative estimate of drug-likeness (QED) is 0.629. The van der Waals surface area contributed by atoms with Gasteiger partial charge in [0.15, 0.2) is 0 Å². The zero-order chi connectivity index (χ0) is 8.27. The first-order valence-electron chi connectivity index (χ1n) is 3.25. The van der Waals surface area contributed by atoms with Gasteiger partial charge in [0.1, 0.15) is 0 Å². The van der Waals surface area contributed by atoms with Gasteiger partial charge in [-0.2, -0.15) is 0 Å². The van der Waals surface area contributed by atoms with E-state index in [1.807, 2.05) is 12.1 Å². The van der Waals surface area contributed by atoms with Crippen LogP contribution in [0.25, 0.3) is 6.08 Å². The molecule has 2 N–H and O–H groups in total. The highest BCUT2D eigenvalue weighted by molar-refractivity contribution is 5.91. The molecule has 0 fully saturated rings. The first-order valence-corrected chi connectivity index (χ1v) is 3.25. The fraction of sp³-hybridized carbons (Fsp3) is 0.125. The molecule has 0 atom stereocenters. The molecule has 1 aromatic rings. The van der Waals surface area contributed by atoms with Crippen molar-refractivity contribution in [2.24, 2.45) is 0 Å². The average molecular weight is 151 g/mol. The highest BCUT2D eigenvalue weighted by atomic mass is 16.4. The molecular weight excluding hydrogens is 142 g/mol. The molecule has 0 spiro atoms. The van der Waals surface area contributed by atoms with Crippen LogP contribution in [0.3, 0.4) is 0 Å². The zero-order valence-corrected chi connectivity index (χ0v) is 6.16. The molecule has 0 saturated heterocycles. The Hall–Kier alpha value is -1.51. The molecule has 0 unspecified atom stereocenters. The maximum absolute atomic E-state index is 10.3. The normalized spacial score (nSPS) is 11.5. The molecule has 1 aromatic heterocycles. The van der Waals surface area contributed by atoms with Crippen LogP contribution in [0.5, 0.6) is 0 Å². The van der Waals surface area contributed by atoms with Gasteiger partial charge in [0, 0.05) is 17.5 Å². The first kappa shape index (κ1) is 7.60. The Morgan fingerprint density at radius 3 is 2.91 bits per heavy atom. The molecule has 3 nitrogen and oxygen atoms in total. The lowest BCUT2D eigenvalue weighted by atomic mass is 10.2. The summed E-state index contributed by atoms with van der Waals surface area (Å²) in [6.07, 6.45) is 3.34. The van der Waals surface area contributed by atoms with Crippen LogP contribution < -0.4 is 0 Å². The van der Waals surface area contributed by atoms with Gasteiger partial charge in [-0.05, 0) is 25.1 Å². The number of hydrogen-bond donors (Lipinski definition) is 2. The summed E-state index contributed by atoms with van der Waals surface area (Å²) >= 11 is 0. The lowest BCUT2D eigenvalue weighted by molar-refractivity contribution is -0.132. The number of carbonyl (C=O) groups is 1. The molecule has 0 aliphatic heterocycles. The van der Waals surface area contributed by atoms with E-state index in [0.717, 1.165) is 5.69 Å². The highest BCUT2D eigenvalue weighted by Gasteiger charge is 1.98. The Kier molecular flexibility index (Phi) is 2.11. The third-order valence-electron chi connectivity index (χ3n) is 1.33. The molecule has 0 aromatic carbocycles. The molecule has 0 aliphatic rings. The number of aliphatic carboxylic acids is 1. The molecule has 0 saturated carbocycles. The minimum atomic E-state index is -0.889. The largest absolute Gasteiger partial charge is 0.478 e. The van der Waals surface area contributed by atoms with E-state index in [1.165, 1.54) is 0 Å². The number of H-pyrrole nitrogens is 1. The summed E-state index contributed by atoms with van der Waals surface area (Å²) < 4.78 is 0. The van der Waals surface area contributed by atoms with E-state index >= 15 is 0 Å². The second-order valence-electron chi connectivity index (χ2n) is 2.26. The van der Waals surface area contributed by atoms with E-state index in [2.05, 4.69) is 4.98 Å². The first-order chi connectivity index (χ1) is 5.20. The Bertz CT molecular complexity index is 272. The molecule has 0 amide bonds. The Morgan fingerprint density at radius 1 is 1.73 bits per heavy atom. The molecule has 3 heteroatoms. The van der Waals surface area contributed by atoms with Gasteiger partial charge in [0.2, 0.25) is 0 Å². The van der Waals surface area contributed by atoms with Gasteiger partial charge in [0.25, 0.3) is 0 Å². The van der Waals surface area contributed by atoms with Crippen molar-refractivity contribution in [2.75, 3.05) is 0 Å². The molecule has 1 rings (SSSR count). The summed E-state index contributed by atoms with van der Waals surface area (Å²) in [6.45, 7) is 1.56. The average Bonchev–Trinajstić information content (AvgIpc) is 2.39. The van der Waals surface area contributed by atoms with Crippen molar-refractivity contribution >= 4 is 12.0 Å². The molecule has 0 radical (unpaired) electrons. The number of carboxylic acid groups (broad SMARTS) is 1. The van der Waals surface area contributed by atoms with Gasteiger partial charge in [-0.15, -0.1) is 0 Å². The van der Waals surface area contributed by atoms with E-state index in [1.54, 1.807) is 19.2 Å². The molecule has 0 aliphatic carbocycles. The number of hydrogen-bond acceptors (Lipinski definition) is 1. The molecular formula is C8H9NO2. The van der Waals surface area contributed by atoms with E-state index in [0.29, 0.717) is 5.57 Å². The fourth-order valence-electron chi connectivity index (χ4n) is 0.729. The number of aromatic amines is 1. The van der Waals surface area contributed by atoms with Gasteiger partial charge in [-0.3, -0.25) is 0 Å². The van der Waals surface area contributed by atoms with Crippen molar-refractivity contribution in [1.82, 2.24) is 4.98 Å². The predicted molar refractivity (Wildman–Crippen MR) is 42.1 cm³/mol. The topological polar surface area (TPSA) is 53.1 Å². The number of carboxylic acids is 1. The third-order valence-corrected chi connectivity index (χ3v) is 1.33. The van der Waals surface area contributed by atoms with Crippen LogP contribution in [0, 0.1) is 0 Å². The summed E-state index contributed by atoms with van der Waals surface area (Å²) in [5.41, 5.74) is 1.14. The maximum atomic E-state index is 10.3. The van der Waals surface area contributed by atoms with Crippen LogP contribution in [0.2, 0.25) is 0 Å². The van der Waals surface area contributed by atoms with Crippen LogP contribution in [0.1, 0.15) is 12.6 Å². The van der Waals surface area contributed by atoms with Crippen LogP contribution in [-0.4, -0.2) is 16.1 Å². The summed E-state index contributed by atoms with van der Waals surface area (Å²) in [5.74, 6) is -0.889. The van der Waals surface area contributed by atoms with Crippen LogP contribution in [0.15, 0.2) is 23.9 Å². The zero-order valence-electron chi connectivity index (χ0n) is 6.16. The van der Waals surface area contributed by atoms with Crippen molar-refractivity contribution in [2.45, 2.75) is 6.92 Å². The standard InChI is InChI=1S/C8H9NO2/c1-6(8(10)11)5-7-3-2-4-9-7/h2-5,9H,1H3,(H,10,11)/b6-5+. The molecule has 58 valence electrons. The van der Waals surface area contributed by atoms with Crippen molar-refractivity contribution in [1.29, 1.82) is 0 Å². The molecule has 1 heterocycles. The number of nitrogens with one attached hydrogen (secondary N) is 1. The van der Waals surface area contributed by atoms with Gasteiger partial charge in [-0.1, -0.05) is 0 Å². The van der Waals surface area contributed by atoms with Gasteiger partial charge in [-0.25, -0.2) is 4.79 Å². The van der Waals surface area contributed by atoms with Gasteiger partial charge in [0.05, 0.1) is 0 Å². The smallest absolute Gasteiger partial charge is 0.331 e. The number of aromatic nitrogens is 1. The van der Waals surface area contributed by atoms with E-state index < -0.39 is 5.97 Å². The van der Waals surface area contributed by atoms with Crippen LogP contribution in [-0.2, 0) is 4.79 Å². The Labute approximate surface area is 64.4 Å². The second kappa shape index (κ2) is 3.05. The lowest BCUT2D eigenvalue weighted by Crippen LogP contribution is -1.95. The van der Waals surface area contributed by atoms with Crippen LogP contribution in [0.4, 0.5) is 0 Å². The Morgan fingerprint density at radius 2 is 2.45 bits per heavy atom. The SMILES string of the molecule is C/C(=C\c1ccc[nH]1)C(=O)O. The van der Waals surface area contributed by atoms with Crippen molar-refractivity contribution in [3.8, 4) is 0 Å². The number of rotatable bonds is 2. The molecule has 11 heavy (non-hydrogen) atoms. The van der Waals surface area contributed by atoms with E-state index in [-0.39, 0.29) is 0 Å². The van der Waals surface area contributed by atoms with Crippen LogP contribution >= 0.6 is 0 Å². The minimum absolute atomic E-state index is 0.326. The lowest BCUT2D eigenvalue weighted by Gasteiger charge is -1.90. The van der Waals surface area contributed by atoms with E-state index in [4.69, 9.17) is 5.11 Å². The summed E-state index contributed by atoms with van der Waals surface area (Å²) in [5, 5.41) is 8.50. The molecule has 0 bridgehead atoms. The summed E-state index contributed by atoms with van der Waals surface area (Å²) in [6, 6.07) is 3.63. The van der Waals surface area contributed by atoms with Gasteiger partial charge < -0.3 is 10.1 Å².